The Hall–Kier alpha value is -1.76. The average Bonchev–Trinajstić information content (AvgIpc) is 2.47. The van der Waals surface area contributed by atoms with Gasteiger partial charge in [0.1, 0.15) is 5.75 Å². The quantitative estimate of drug-likeness (QED) is 0.923. The topological polar surface area (TPSA) is 41.6 Å². The fourth-order valence-electron chi connectivity index (χ4n) is 2.86. The fraction of sp³-hybridized carbons (Fsp3) is 0.562. The number of nitrogens with one attached hydrogen (secondary N) is 1. The maximum absolute atomic E-state index is 12.5. The van der Waals surface area contributed by atoms with Gasteiger partial charge in [0.25, 0.3) is 0 Å². The predicted molar refractivity (Wildman–Crippen MR) is 79.8 cm³/mol. The van der Waals surface area contributed by atoms with E-state index in [1.54, 1.807) is 13.1 Å². The first-order valence-corrected chi connectivity index (χ1v) is 7.58. The van der Waals surface area contributed by atoms with Crippen molar-refractivity contribution in [2.45, 2.75) is 38.7 Å². The predicted octanol–water partition coefficient (Wildman–Crippen LogP) is 2.93. The summed E-state index contributed by atoms with van der Waals surface area (Å²) in [6.45, 7) is 2.88. The molecular formula is C16H21F3N2O2. The van der Waals surface area contributed by atoms with E-state index < -0.39 is 6.36 Å². The highest BCUT2D eigenvalue weighted by molar-refractivity contribution is 5.78. The number of hydrogen-bond acceptors (Lipinski definition) is 3. The molecular weight excluding hydrogens is 309 g/mol. The molecule has 128 valence electrons. The number of hydrogen-bond donors (Lipinski definition) is 1. The number of rotatable bonds is 4. The Morgan fingerprint density at radius 2 is 2.09 bits per heavy atom. The number of para-hydroxylation sites is 1. The van der Waals surface area contributed by atoms with Crippen molar-refractivity contribution >= 4 is 5.91 Å². The van der Waals surface area contributed by atoms with Crippen LogP contribution in [0.2, 0.25) is 0 Å². The summed E-state index contributed by atoms with van der Waals surface area (Å²) in [5.74, 6) is -0.398. The van der Waals surface area contributed by atoms with Crippen LogP contribution in [-0.2, 0) is 11.3 Å². The molecule has 0 unspecified atom stereocenters. The van der Waals surface area contributed by atoms with Crippen molar-refractivity contribution in [1.82, 2.24) is 10.2 Å². The Kier molecular flexibility index (Phi) is 5.51. The molecule has 23 heavy (non-hydrogen) atoms. The highest BCUT2D eigenvalue weighted by Crippen LogP contribution is 2.27. The van der Waals surface area contributed by atoms with Gasteiger partial charge in [0.05, 0.1) is 0 Å². The molecule has 1 heterocycles. The zero-order chi connectivity index (χ0) is 17.0. The summed E-state index contributed by atoms with van der Waals surface area (Å²) >= 11 is 0. The Labute approximate surface area is 133 Å². The van der Waals surface area contributed by atoms with Gasteiger partial charge in [-0.1, -0.05) is 18.2 Å². The van der Waals surface area contributed by atoms with Crippen LogP contribution in [0.5, 0.6) is 5.75 Å². The van der Waals surface area contributed by atoms with Crippen LogP contribution in [0.4, 0.5) is 13.2 Å². The minimum atomic E-state index is -4.75. The molecule has 1 aromatic rings. The Balaban J connectivity index is 2.05. The first-order valence-electron chi connectivity index (χ1n) is 7.58. The van der Waals surface area contributed by atoms with Crippen LogP contribution in [0.15, 0.2) is 24.3 Å². The van der Waals surface area contributed by atoms with Gasteiger partial charge >= 0.3 is 6.36 Å². The molecule has 1 aliphatic rings. The van der Waals surface area contributed by atoms with Gasteiger partial charge in [-0.15, -0.1) is 13.2 Å². The maximum atomic E-state index is 12.5. The van der Waals surface area contributed by atoms with Gasteiger partial charge in [-0.25, -0.2) is 0 Å². The minimum Gasteiger partial charge on any atom is -0.405 e. The second-order valence-electron chi connectivity index (χ2n) is 5.93. The van der Waals surface area contributed by atoms with Gasteiger partial charge in [0.2, 0.25) is 5.91 Å². The summed E-state index contributed by atoms with van der Waals surface area (Å²) in [7, 11) is 1.61. The van der Waals surface area contributed by atoms with Crippen molar-refractivity contribution in [2.75, 3.05) is 13.6 Å². The lowest BCUT2D eigenvalue weighted by Gasteiger charge is -2.30. The standard InChI is InChI=1S/C16H21F3N2O2/c1-11-9-12(7-8-20-11)15(22)21(2)10-13-5-3-4-6-14(13)23-16(17,18)19/h3-6,11-12,20H,7-10H2,1-2H3/t11-,12-/m0/s1. The average molecular weight is 330 g/mol. The molecule has 0 saturated carbocycles. The van der Waals surface area contributed by atoms with E-state index in [-0.39, 0.29) is 30.2 Å². The van der Waals surface area contributed by atoms with Gasteiger partial charge in [0, 0.05) is 31.1 Å². The van der Waals surface area contributed by atoms with E-state index in [1.165, 1.54) is 23.1 Å². The number of alkyl halides is 3. The van der Waals surface area contributed by atoms with E-state index in [0.717, 1.165) is 19.4 Å². The number of piperidine rings is 1. The first kappa shape index (κ1) is 17.6. The van der Waals surface area contributed by atoms with Crippen molar-refractivity contribution in [3.8, 4) is 5.75 Å². The molecule has 7 heteroatoms. The summed E-state index contributed by atoms with van der Waals surface area (Å²) in [6.07, 6.45) is -3.26. The number of carbonyl (C=O) groups is 1. The normalized spacial score (nSPS) is 21.8. The third-order valence-corrected chi connectivity index (χ3v) is 3.95. The van der Waals surface area contributed by atoms with Crippen molar-refractivity contribution in [3.63, 3.8) is 0 Å². The number of nitrogens with zero attached hydrogens (tertiary/aromatic N) is 1. The molecule has 0 aliphatic carbocycles. The van der Waals surface area contributed by atoms with Crippen LogP contribution >= 0.6 is 0 Å². The molecule has 1 amide bonds. The monoisotopic (exact) mass is 330 g/mol. The molecule has 0 bridgehead atoms. The van der Waals surface area contributed by atoms with E-state index >= 15 is 0 Å². The van der Waals surface area contributed by atoms with Crippen LogP contribution in [-0.4, -0.2) is 36.8 Å². The van der Waals surface area contributed by atoms with E-state index in [0.29, 0.717) is 5.56 Å². The minimum absolute atomic E-state index is 0.0415. The van der Waals surface area contributed by atoms with Crippen LogP contribution < -0.4 is 10.1 Å². The van der Waals surface area contributed by atoms with Crippen molar-refractivity contribution < 1.29 is 22.7 Å². The molecule has 1 aliphatic heterocycles. The Morgan fingerprint density at radius 1 is 1.39 bits per heavy atom. The van der Waals surface area contributed by atoms with Crippen LogP contribution in [0.1, 0.15) is 25.3 Å². The first-order chi connectivity index (χ1) is 10.8. The second kappa shape index (κ2) is 7.21. The summed E-state index contributed by atoms with van der Waals surface area (Å²) in [6, 6.07) is 6.17. The van der Waals surface area contributed by atoms with Crippen molar-refractivity contribution in [3.05, 3.63) is 29.8 Å². The van der Waals surface area contributed by atoms with Gasteiger partial charge in [-0.05, 0) is 32.4 Å². The molecule has 0 radical (unpaired) electrons. The van der Waals surface area contributed by atoms with E-state index in [9.17, 15) is 18.0 Å². The van der Waals surface area contributed by atoms with Crippen LogP contribution in [0.3, 0.4) is 0 Å². The number of ether oxygens (including phenoxy) is 1. The van der Waals surface area contributed by atoms with Gasteiger partial charge in [-0.2, -0.15) is 0 Å². The molecule has 1 aromatic carbocycles. The van der Waals surface area contributed by atoms with E-state index in [4.69, 9.17) is 0 Å². The third kappa shape index (κ3) is 5.13. The Bertz CT molecular complexity index is 548. The fourth-order valence-corrected chi connectivity index (χ4v) is 2.86. The summed E-state index contributed by atoms with van der Waals surface area (Å²) < 4.78 is 41.4. The van der Waals surface area contributed by atoms with Crippen molar-refractivity contribution in [2.24, 2.45) is 5.92 Å². The number of halogens is 3. The number of amides is 1. The van der Waals surface area contributed by atoms with E-state index in [2.05, 4.69) is 10.1 Å². The lowest BCUT2D eigenvalue weighted by atomic mass is 9.92. The molecule has 0 aromatic heterocycles. The molecule has 2 atom stereocenters. The molecule has 2 rings (SSSR count). The largest absolute Gasteiger partial charge is 0.573 e. The second-order valence-corrected chi connectivity index (χ2v) is 5.93. The summed E-state index contributed by atoms with van der Waals surface area (Å²) in [4.78, 5) is 14.0. The summed E-state index contributed by atoms with van der Waals surface area (Å²) in [5, 5.41) is 3.27. The number of carbonyl (C=O) groups excluding carboxylic acids is 1. The summed E-state index contributed by atoms with van der Waals surface area (Å²) in [5.41, 5.74) is 0.336. The SMILES string of the molecule is C[C@H]1C[C@@H](C(=O)N(C)Cc2ccccc2OC(F)(F)F)CCN1. The molecule has 1 fully saturated rings. The van der Waals surface area contributed by atoms with E-state index in [1.807, 2.05) is 6.92 Å². The lowest BCUT2D eigenvalue weighted by Crippen LogP contribution is -2.42. The lowest BCUT2D eigenvalue weighted by molar-refractivity contribution is -0.275. The maximum Gasteiger partial charge on any atom is 0.573 e. The number of benzene rings is 1. The highest BCUT2D eigenvalue weighted by atomic mass is 19.4. The smallest absolute Gasteiger partial charge is 0.405 e. The zero-order valence-corrected chi connectivity index (χ0v) is 13.2. The molecule has 1 saturated heterocycles. The third-order valence-electron chi connectivity index (χ3n) is 3.95. The van der Waals surface area contributed by atoms with Crippen LogP contribution in [0, 0.1) is 5.92 Å². The van der Waals surface area contributed by atoms with Gasteiger partial charge < -0.3 is 15.0 Å². The molecule has 4 nitrogen and oxygen atoms in total. The molecule has 1 N–H and O–H groups in total. The zero-order valence-electron chi connectivity index (χ0n) is 13.2. The highest BCUT2D eigenvalue weighted by Gasteiger charge is 2.32. The molecule has 0 spiro atoms. The van der Waals surface area contributed by atoms with Crippen molar-refractivity contribution in [1.29, 1.82) is 0 Å². The van der Waals surface area contributed by atoms with Crippen LogP contribution in [0.25, 0.3) is 0 Å². The van der Waals surface area contributed by atoms with Gasteiger partial charge in [0.15, 0.2) is 0 Å². The Morgan fingerprint density at radius 3 is 2.74 bits per heavy atom. The van der Waals surface area contributed by atoms with Gasteiger partial charge in [-0.3, -0.25) is 4.79 Å².